The maximum atomic E-state index is 7.26. The minimum absolute atomic E-state index is 0.0491. The van der Waals surface area contributed by atoms with Crippen molar-refractivity contribution in [3.63, 3.8) is 0 Å². The van der Waals surface area contributed by atoms with Crippen LogP contribution in [0.4, 0.5) is 0 Å². The van der Waals surface area contributed by atoms with Gasteiger partial charge >= 0.3 is 0 Å². The molecule has 1 aromatic rings. The summed E-state index contributed by atoms with van der Waals surface area (Å²) in [5.41, 5.74) is 6.02. The summed E-state index contributed by atoms with van der Waals surface area (Å²) in [4.78, 5) is 1.03. The van der Waals surface area contributed by atoms with Gasteiger partial charge in [-0.3, -0.25) is 5.41 Å². The Morgan fingerprint density at radius 2 is 2.14 bits per heavy atom. The molecule has 76 valence electrons. The van der Waals surface area contributed by atoms with Crippen molar-refractivity contribution in [1.82, 2.24) is 0 Å². The molecule has 0 aliphatic rings. The summed E-state index contributed by atoms with van der Waals surface area (Å²) in [6.45, 7) is 4.22. The molecule has 2 nitrogen and oxygen atoms in total. The van der Waals surface area contributed by atoms with Gasteiger partial charge in [-0.25, -0.2) is 0 Å². The van der Waals surface area contributed by atoms with E-state index in [1.165, 1.54) is 0 Å². The van der Waals surface area contributed by atoms with Crippen LogP contribution in [0.2, 0.25) is 5.02 Å². The molecule has 0 spiro atoms. The topological polar surface area (TPSA) is 49.9 Å². The molecule has 0 atom stereocenters. The Balaban J connectivity index is 2.95. The molecule has 1 aromatic carbocycles. The van der Waals surface area contributed by atoms with E-state index in [4.69, 9.17) is 22.7 Å². The molecule has 0 fully saturated rings. The number of amidine groups is 1. The Labute approximate surface area is 93.3 Å². The minimum atomic E-state index is 0.0491. The summed E-state index contributed by atoms with van der Waals surface area (Å²) < 4.78 is 0. The number of nitrogen functional groups attached to an aromatic ring is 1. The summed E-state index contributed by atoms with van der Waals surface area (Å²) in [5.74, 6) is 0.0491. The van der Waals surface area contributed by atoms with Crippen LogP contribution in [0.5, 0.6) is 0 Å². The van der Waals surface area contributed by atoms with Crippen molar-refractivity contribution in [2.24, 2.45) is 5.73 Å². The van der Waals surface area contributed by atoms with Gasteiger partial charge in [-0.15, -0.1) is 11.8 Å². The molecular weight excluding hydrogens is 216 g/mol. The summed E-state index contributed by atoms with van der Waals surface area (Å²) in [5, 5.41) is 8.42. The van der Waals surface area contributed by atoms with Gasteiger partial charge in [0.1, 0.15) is 5.84 Å². The van der Waals surface area contributed by atoms with Crippen molar-refractivity contribution < 1.29 is 0 Å². The van der Waals surface area contributed by atoms with Gasteiger partial charge in [-0.1, -0.05) is 31.5 Å². The summed E-state index contributed by atoms with van der Waals surface area (Å²) >= 11 is 7.75. The Morgan fingerprint density at radius 1 is 1.50 bits per heavy atom. The molecule has 14 heavy (non-hydrogen) atoms. The van der Waals surface area contributed by atoms with Gasteiger partial charge in [0.25, 0.3) is 0 Å². The van der Waals surface area contributed by atoms with Crippen molar-refractivity contribution in [2.45, 2.75) is 24.0 Å². The molecule has 0 unspecified atom stereocenters. The quantitative estimate of drug-likeness (QED) is 0.475. The number of rotatable bonds is 3. The van der Waals surface area contributed by atoms with E-state index in [0.29, 0.717) is 15.8 Å². The molecule has 0 aliphatic carbocycles. The van der Waals surface area contributed by atoms with Crippen LogP contribution in [0.1, 0.15) is 19.4 Å². The first kappa shape index (κ1) is 11.4. The third-order valence-electron chi connectivity index (χ3n) is 1.61. The first-order valence-electron chi connectivity index (χ1n) is 4.31. The number of nitrogens with two attached hydrogens (primary N) is 1. The smallest absolute Gasteiger partial charge is 0.122 e. The number of nitrogens with one attached hydrogen (secondary N) is 1. The molecule has 4 heteroatoms. The van der Waals surface area contributed by atoms with Gasteiger partial charge in [-0.2, -0.15) is 0 Å². The Bertz CT molecular complexity index is 350. The zero-order valence-electron chi connectivity index (χ0n) is 8.17. The van der Waals surface area contributed by atoms with Crippen LogP contribution in [-0.4, -0.2) is 11.1 Å². The van der Waals surface area contributed by atoms with Crippen LogP contribution in [0.15, 0.2) is 23.1 Å². The molecule has 0 bridgehead atoms. The normalized spacial score (nSPS) is 10.6. The number of thioether (sulfide) groups is 1. The van der Waals surface area contributed by atoms with Crippen LogP contribution in [0.25, 0.3) is 0 Å². The van der Waals surface area contributed by atoms with Gasteiger partial charge in [0.05, 0.1) is 5.02 Å². The SMILES string of the molecule is CC(C)Sc1ccc(C(=N)N)cc1Cl. The van der Waals surface area contributed by atoms with Crippen molar-refractivity contribution in [2.75, 3.05) is 0 Å². The van der Waals surface area contributed by atoms with Gasteiger partial charge in [0, 0.05) is 15.7 Å². The standard InChI is InChI=1S/C10H13ClN2S/c1-6(2)14-9-4-3-7(10(12)13)5-8(9)11/h3-6H,1-2H3,(H3,12,13). The largest absolute Gasteiger partial charge is 0.384 e. The first-order chi connectivity index (χ1) is 6.50. The zero-order chi connectivity index (χ0) is 10.7. The summed E-state index contributed by atoms with van der Waals surface area (Å²) in [6, 6.07) is 5.46. The Kier molecular flexibility index (Phi) is 3.84. The summed E-state index contributed by atoms with van der Waals surface area (Å²) in [7, 11) is 0. The van der Waals surface area contributed by atoms with E-state index >= 15 is 0 Å². The van der Waals surface area contributed by atoms with Crippen molar-refractivity contribution >= 4 is 29.2 Å². The monoisotopic (exact) mass is 228 g/mol. The second kappa shape index (κ2) is 4.71. The molecule has 0 amide bonds. The molecule has 0 radical (unpaired) electrons. The highest BCUT2D eigenvalue weighted by Gasteiger charge is 2.05. The van der Waals surface area contributed by atoms with Crippen molar-refractivity contribution in [1.29, 1.82) is 5.41 Å². The predicted molar refractivity (Wildman–Crippen MR) is 63.5 cm³/mol. The fourth-order valence-corrected chi connectivity index (χ4v) is 2.16. The van der Waals surface area contributed by atoms with E-state index < -0.39 is 0 Å². The Morgan fingerprint density at radius 3 is 2.57 bits per heavy atom. The maximum Gasteiger partial charge on any atom is 0.122 e. The number of halogens is 1. The van der Waals surface area contributed by atoms with E-state index in [2.05, 4.69) is 13.8 Å². The molecule has 0 aliphatic heterocycles. The molecular formula is C10H13ClN2S. The third kappa shape index (κ3) is 2.93. The average Bonchev–Trinajstić information content (AvgIpc) is 2.07. The van der Waals surface area contributed by atoms with E-state index in [0.717, 1.165) is 4.90 Å². The first-order valence-corrected chi connectivity index (χ1v) is 5.57. The number of hydrogen-bond acceptors (Lipinski definition) is 2. The minimum Gasteiger partial charge on any atom is -0.384 e. The highest BCUT2D eigenvalue weighted by molar-refractivity contribution is 8.00. The van der Waals surface area contributed by atoms with Gasteiger partial charge in [0.2, 0.25) is 0 Å². The van der Waals surface area contributed by atoms with E-state index in [1.807, 2.05) is 12.1 Å². The molecule has 0 saturated carbocycles. The molecule has 0 aromatic heterocycles. The van der Waals surface area contributed by atoms with Crippen LogP contribution >= 0.6 is 23.4 Å². The lowest BCUT2D eigenvalue weighted by atomic mass is 10.2. The van der Waals surface area contributed by atoms with E-state index in [1.54, 1.807) is 17.8 Å². The molecule has 0 heterocycles. The number of benzene rings is 1. The van der Waals surface area contributed by atoms with Crippen molar-refractivity contribution in [3.8, 4) is 0 Å². The van der Waals surface area contributed by atoms with Crippen LogP contribution in [0, 0.1) is 5.41 Å². The zero-order valence-corrected chi connectivity index (χ0v) is 9.75. The highest BCUT2D eigenvalue weighted by Crippen LogP contribution is 2.30. The molecule has 1 rings (SSSR count). The third-order valence-corrected chi connectivity index (χ3v) is 3.11. The van der Waals surface area contributed by atoms with Crippen LogP contribution in [-0.2, 0) is 0 Å². The predicted octanol–water partition coefficient (Wildman–Crippen LogP) is 3.12. The lowest BCUT2D eigenvalue weighted by Crippen LogP contribution is -2.10. The van der Waals surface area contributed by atoms with Crippen LogP contribution < -0.4 is 5.73 Å². The van der Waals surface area contributed by atoms with Crippen LogP contribution in [0.3, 0.4) is 0 Å². The van der Waals surface area contributed by atoms with Gasteiger partial charge in [0.15, 0.2) is 0 Å². The Hall–Kier alpha value is -0.670. The number of hydrogen-bond donors (Lipinski definition) is 2. The fourth-order valence-electron chi connectivity index (χ4n) is 1.02. The highest BCUT2D eigenvalue weighted by atomic mass is 35.5. The lowest BCUT2D eigenvalue weighted by molar-refractivity contribution is 1.11. The lowest BCUT2D eigenvalue weighted by Gasteiger charge is -2.08. The van der Waals surface area contributed by atoms with Crippen molar-refractivity contribution in [3.05, 3.63) is 28.8 Å². The van der Waals surface area contributed by atoms with Gasteiger partial charge < -0.3 is 5.73 Å². The second-order valence-electron chi connectivity index (χ2n) is 3.23. The molecule has 3 N–H and O–H groups in total. The van der Waals surface area contributed by atoms with E-state index in [9.17, 15) is 0 Å². The molecule has 0 saturated heterocycles. The fraction of sp³-hybridized carbons (Fsp3) is 0.300. The van der Waals surface area contributed by atoms with Gasteiger partial charge in [-0.05, 0) is 12.1 Å². The summed E-state index contributed by atoms with van der Waals surface area (Å²) in [6.07, 6.45) is 0. The maximum absolute atomic E-state index is 7.26. The average molecular weight is 229 g/mol. The second-order valence-corrected chi connectivity index (χ2v) is 5.25. The van der Waals surface area contributed by atoms with E-state index in [-0.39, 0.29) is 5.84 Å².